The van der Waals surface area contributed by atoms with Crippen molar-refractivity contribution in [1.29, 1.82) is 5.26 Å². The molecule has 3 nitrogen and oxygen atoms in total. The lowest BCUT2D eigenvalue weighted by Crippen LogP contribution is -2.11. The first-order valence-corrected chi connectivity index (χ1v) is 8.60. The fraction of sp³-hybridized carbons (Fsp3) is 0.0909. The van der Waals surface area contributed by atoms with E-state index >= 15 is 0 Å². The van der Waals surface area contributed by atoms with Crippen molar-refractivity contribution >= 4 is 11.9 Å². The average Bonchev–Trinajstić information content (AvgIpc) is 3.19. The van der Waals surface area contributed by atoms with E-state index in [0.717, 1.165) is 12.1 Å². The van der Waals surface area contributed by atoms with Crippen LogP contribution in [0.3, 0.4) is 0 Å². The van der Waals surface area contributed by atoms with Crippen LogP contribution in [0.15, 0.2) is 70.7 Å². The van der Waals surface area contributed by atoms with Crippen LogP contribution in [0.5, 0.6) is 0 Å². The van der Waals surface area contributed by atoms with Gasteiger partial charge in [-0.15, -0.1) is 0 Å². The molecule has 158 valence electrons. The Balaban J connectivity index is 2.01. The summed E-state index contributed by atoms with van der Waals surface area (Å²) in [4.78, 5) is 12.4. The topological polar surface area (TPSA) is 54.0 Å². The van der Waals surface area contributed by atoms with E-state index in [2.05, 4.69) is 0 Å². The number of nitriles is 1. The minimum atomic E-state index is -5.00. The smallest absolute Gasteiger partial charge is 0.416 e. The summed E-state index contributed by atoms with van der Waals surface area (Å²) in [6.45, 7) is 0. The molecule has 3 rings (SSSR count). The summed E-state index contributed by atoms with van der Waals surface area (Å²) in [6, 6.07) is 13.0. The number of carbonyl (C=O) groups is 1. The molecule has 0 radical (unpaired) electrons. The Morgan fingerprint density at radius 2 is 1.45 bits per heavy atom. The number of benzene rings is 2. The number of ketones is 1. The number of nitrogens with zero attached hydrogens (tertiary/aromatic N) is 1. The number of carbonyl (C=O) groups excluding carboxylic acids is 1. The van der Waals surface area contributed by atoms with Gasteiger partial charge in [0, 0.05) is 17.2 Å². The van der Waals surface area contributed by atoms with E-state index < -0.39 is 34.8 Å². The summed E-state index contributed by atoms with van der Waals surface area (Å²) >= 11 is 0. The van der Waals surface area contributed by atoms with Gasteiger partial charge in [0.25, 0.3) is 0 Å². The van der Waals surface area contributed by atoms with Crippen molar-refractivity contribution < 1.29 is 35.6 Å². The van der Waals surface area contributed by atoms with Gasteiger partial charge >= 0.3 is 12.4 Å². The van der Waals surface area contributed by atoms with Gasteiger partial charge < -0.3 is 4.42 Å². The normalized spacial score (nSPS) is 12.5. The number of hydrogen-bond acceptors (Lipinski definition) is 3. The minimum Gasteiger partial charge on any atom is -0.457 e. The van der Waals surface area contributed by atoms with Crippen molar-refractivity contribution in [2.24, 2.45) is 0 Å². The third kappa shape index (κ3) is 5.04. The second-order valence-corrected chi connectivity index (χ2v) is 6.36. The highest BCUT2D eigenvalue weighted by molar-refractivity contribution is 6.13. The van der Waals surface area contributed by atoms with Gasteiger partial charge in [-0.25, -0.2) is 0 Å². The molecule has 0 saturated carbocycles. The summed E-state index contributed by atoms with van der Waals surface area (Å²) in [5.41, 5.74) is -3.50. The Hall–Kier alpha value is -3.80. The van der Waals surface area contributed by atoms with Crippen molar-refractivity contribution in [3.05, 3.63) is 88.7 Å². The molecule has 3 aromatic rings. The fourth-order valence-electron chi connectivity index (χ4n) is 2.72. The Bertz CT molecular complexity index is 1150. The first-order chi connectivity index (χ1) is 14.5. The molecule has 0 spiro atoms. The van der Waals surface area contributed by atoms with Crippen LogP contribution >= 0.6 is 0 Å². The Kier molecular flexibility index (Phi) is 5.75. The molecular weight excluding hydrogens is 424 g/mol. The highest BCUT2D eigenvalue weighted by Gasteiger charge is 2.37. The van der Waals surface area contributed by atoms with Gasteiger partial charge in [0.05, 0.1) is 11.1 Å². The zero-order valence-corrected chi connectivity index (χ0v) is 15.4. The first kappa shape index (κ1) is 21.9. The second kappa shape index (κ2) is 8.14. The average molecular weight is 435 g/mol. The van der Waals surface area contributed by atoms with Gasteiger partial charge in [0.15, 0.2) is 0 Å². The maximum Gasteiger partial charge on any atom is 0.416 e. The number of halogens is 6. The Morgan fingerprint density at radius 1 is 0.871 bits per heavy atom. The van der Waals surface area contributed by atoms with E-state index in [0.29, 0.717) is 12.1 Å². The number of hydrogen-bond donors (Lipinski definition) is 0. The monoisotopic (exact) mass is 435 g/mol. The number of rotatable bonds is 4. The summed E-state index contributed by atoms with van der Waals surface area (Å²) in [5.74, 6) is -0.978. The zero-order valence-electron chi connectivity index (χ0n) is 15.4. The molecule has 0 aliphatic carbocycles. The molecule has 0 bridgehead atoms. The summed E-state index contributed by atoms with van der Waals surface area (Å²) < 4.78 is 83.6. The van der Waals surface area contributed by atoms with E-state index in [1.54, 1.807) is 24.3 Å². The lowest BCUT2D eigenvalue weighted by molar-refractivity contribution is -0.143. The van der Waals surface area contributed by atoms with Crippen LogP contribution < -0.4 is 0 Å². The quantitative estimate of drug-likeness (QED) is 0.197. The number of alkyl halides is 6. The highest BCUT2D eigenvalue weighted by atomic mass is 19.4. The molecule has 9 heteroatoms. The van der Waals surface area contributed by atoms with E-state index in [1.807, 2.05) is 0 Å². The van der Waals surface area contributed by atoms with Crippen molar-refractivity contribution in [3.63, 3.8) is 0 Å². The van der Waals surface area contributed by atoms with Crippen LogP contribution in [0.25, 0.3) is 17.4 Å². The van der Waals surface area contributed by atoms with E-state index in [4.69, 9.17) is 4.42 Å². The lowest BCUT2D eigenvalue weighted by atomic mass is 10.0. The SMILES string of the molecule is N#C/C(=C\c1ccc(-c2cc(C(F)(F)F)cc(C(F)(F)F)c2)o1)C(=O)c1ccccc1. The molecule has 0 unspecified atom stereocenters. The molecule has 2 aromatic carbocycles. The van der Waals surface area contributed by atoms with Gasteiger partial charge in [0.2, 0.25) is 5.78 Å². The lowest BCUT2D eigenvalue weighted by Gasteiger charge is -2.13. The van der Waals surface area contributed by atoms with Crippen molar-refractivity contribution in [1.82, 2.24) is 0 Å². The summed E-state index contributed by atoms with van der Waals surface area (Å²) in [6.07, 6.45) is -8.93. The fourth-order valence-corrected chi connectivity index (χ4v) is 2.72. The molecule has 1 heterocycles. The molecule has 0 atom stereocenters. The van der Waals surface area contributed by atoms with Gasteiger partial charge in [0.1, 0.15) is 23.2 Å². The Morgan fingerprint density at radius 3 is 1.97 bits per heavy atom. The van der Waals surface area contributed by atoms with Gasteiger partial charge in [-0.3, -0.25) is 4.79 Å². The van der Waals surface area contributed by atoms with Crippen molar-refractivity contribution in [2.45, 2.75) is 12.4 Å². The van der Waals surface area contributed by atoms with E-state index in [-0.39, 0.29) is 28.7 Å². The zero-order chi connectivity index (χ0) is 22.8. The van der Waals surface area contributed by atoms with Crippen LogP contribution in [0.2, 0.25) is 0 Å². The first-order valence-electron chi connectivity index (χ1n) is 8.60. The number of Topliss-reactive ketones (excluding diaryl/α,β-unsaturated/α-hetero) is 1. The molecule has 0 aliphatic rings. The van der Waals surface area contributed by atoms with Crippen molar-refractivity contribution in [3.8, 4) is 17.4 Å². The number of allylic oxidation sites excluding steroid dienone is 1. The molecule has 0 amide bonds. The van der Waals surface area contributed by atoms with Crippen LogP contribution in [0.4, 0.5) is 26.3 Å². The summed E-state index contributed by atoms with van der Waals surface area (Å²) in [7, 11) is 0. The molecular formula is C22H11F6NO2. The number of furan rings is 1. The third-order valence-electron chi connectivity index (χ3n) is 4.19. The molecule has 0 N–H and O–H groups in total. The van der Waals surface area contributed by atoms with Gasteiger partial charge in [-0.1, -0.05) is 30.3 Å². The van der Waals surface area contributed by atoms with E-state index in [1.165, 1.54) is 18.2 Å². The summed E-state index contributed by atoms with van der Waals surface area (Å²) in [5, 5.41) is 9.26. The predicted octanol–water partition coefficient (Wildman–Crippen LogP) is 6.77. The predicted molar refractivity (Wildman–Crippen MR) is 98.5 cm³/mol. The molecule has 0 aliphatic heterocycles. The van der Waals surface area contributed by atoms with Crippen LogP contribution in [0, 0.1) is 11.3 Å². The molecule has 1 aromatic heterocycles. The third-order valence-corrected chi connectivity index (χ3v) is 4.19. The molecule has 0 fully saturated rings. The van der Waals surface area contributed by atoms with Gasteiger partial charge in [-0.05, 0) is 30.3 Å². The van der Waals surface area contributed by atoms with E-state index in [9.17, 15) is 36.4 Å². The molecule has 31 heavy (non-hydrogen) atoms. The molecule has 0 saturated heterocycles. The standard InChI is InChI=1S/C22H11F6NO2/c23-21(24,25)16-8-14(9-17(11-16)22(26,27)28)19-7-6-18(31-19)10-15(12-29)20(30)13-4-2-1-3-5-13/h1-11H/b15-10+. The van der Waals surface area contributed by atoms with Gasteiger partial charge in [-0.2, -0.15) is 31.6 Å². The van der Waals surface area contributed by atoms with Crippen molar-refractivity contribution in [2.75, 3.05) is 0 Å². The van der Waals surface area contributed by atoms with Crippen LogP contribution in [-0.2, 0) is 12.4 Å². The minimum absolute atomic E-state index is 0.0135. The maximum absolute atomic E-state index is 13.0. The van der Waals surface area contributed by atoms with Crippen LogP contribution in [0.1, 0.15) is 27.2 Å². The maximum atomic E-state index is 13.0. The highest BCUT2D eigenvalue weighted by Crippen LogP contribution is 2.39. The van der Waals surface area contributed by atoms with Crippen LogP contribution in [-0.4, -0.2) is 5.78 Å². The second-order valence-electron chi connectivity index (χ2n) is 6.36. The Labute approximate surface area is 171 Å². The largest absolute Gasteiger partial charge is 0.457 e.